The molecule has 0 bridgehead atoms. The van der Waals surface area contributed by atoms with Gasteiger partial charge in [-0.1, -0.05) is 30.3 Å². The number of hydrogen-bond acceptors (Lipinski definition) is 4. The van der Waals surface area contributed by atoms with Crippen LogP contribution in [0.15, 0.2) is 66.7 Å². The second-order valence-electron chi connectivity index (χ2n) is 7.71. The van der Waals surface area contributed by atoms with Gasteiger partial charge in [0.2, 0.25) is 11.8 Å². The number of rotatable bonds is 6. The zero-order valence-electron chi connectivity index (χ0n) is 17.5. The number of carbonyl (C=O) groups is 2. The van der Waals surface area contributed by atoms with E-state index in [-0.39, 0.29) is 17.8 Å². The molecule has 1 aromatic heterocycles. The van der Waals surface area contributed by atoms with Gasteiger partial charge in [-0.15, -0.1) is 0 Å². The van der Waals surface area contributed by atoms with Gasteiger partial charge in [0.25, 0.3) is 0 Å². The molecule has 2 amide bonds. The predicted octanol–water partition coefficient (Wildman–Crippen LogP) is 3.52. The van der Waals surface area contributed by atoms with E-state index >= 15 is 0 Å². The van der Waals surface area contributed by atoms with Crippen LogP contribution in [0.4, 0.5) is 4.39 Å². The number of hydrogen-bond donors (Lipinski definition) is 1. The van der Waals surface area contributed by atoms with E-state index in [0.717, 1.165) is 22.5 Å². The summed E-state index contributed by atoms with van der Waals surface area (Å²) in [5, 5.41) is 0. The van der Waals surface area contributed by atoms with Crippen molar-refractivity contribution in [3.05, 3.63) is 89.4 Å². The third-order valence-corrected chi connectivity index (χ3v) is 5.53. The van der Waals surface area contributed by atoms with Crippen LogP contribution < -0.4 is 5.73 Å². The maximum absolute atomic E-state index is 13.1. The first kappa shape index (κ1) is 21.6. The van der Waals surface area contributed by atoms with Crippen LogP contribution >= 0.6 is 0 Å². The van der Waals surface area contributed by atoms with Gasteiger partial charge in [-0.3, -0.25) is 9.59 Å². The number of benzene rings is 2. The number of aryl methyl sites for hydroxylation is 1. The Balaban J connectivity index is 1.41. The molecule has 3 aromatic rings. The van der Waals surface area contributed by atoms with Gasteiger partial charge in [0.1, 0.15) is 11.9 Å². The summed E-state index contributed by atoms with van der Waals surface area (Å²) in [5.74, 6) is -0.714. The van der Waals surface area contributed by atoms with Gasteiger partial charge in [0, 0.05) is 24.1 Å². The lowest BCUT2D eigenvalue weighted by Crippen LogP contribution is -2.42. The van der Waals surface area contributed by atoms with E-state index in [0.29, 0.717) is 38.1 Å². The summed E-state index contributed by atoms with van der Waals surface area (Å²) in [7, 11) is 0. The second kappa shape index (κ2) is 9.70. The number of pyridine rings is 1. The molecule has 0 aliphatic carbocycles. The molecule has 0 saturated carbocycles. The first-order valence-electron chi connectivity index (χ1n) is 10.5. The molecular formula is C25H24FN3O3. The van der Waals surface area contributed by atoms with Crippen molar-refractivity contribution in [2.24, 2.45) is 5.73 Å². The molecule has 164 valence electrons. The zero-order chi connectivity index (χ0) is 22.5. The van der Waals surface area contributed by atoms with Gasteiger partial charge in [-0.25, -0.2) is 9.37 Å². The summed E-state index contributed by atoms with van der Waals surface area (Å²) >= 11 is 0. The first-order chi connectivity index (χ1) is 15.5. The highest BCUT2D eigenvalue weighted by Crippen LogP contribution is 2.25. The Morgan fingerprint density at radius 1 is 1.06 bits per heavy atom. The van der Waals surface area contributed by atoms with E-state index in [4.69, 9.17) is 15.5 Å². The van der Waals surface area contributed by atoms with Crippen LogP contribution in [-0.2, 0) is 16.0 Å². The first-order valence-corrected chi connectivity index (χ1v) is 10.5. The fourth-order valence-electron chi connectivity index (χ4n) is 3.71. The van der Waals surface area contributed by atoms with Crippen LogP contribution in [-0.4, -0.2) is 41.4 Å². The third kappa shape index (κ3) is 5.18. The van der Waals surface area contributed by atoms with Crippen molar-refractivity contribution in [1.29, 1.82) is 0 Å². The van der Waals surface area contributed by atoms with Crippen molar-refractivity contribution < 1.29 is 18.7 Å². The van der Waals surface area contributed by atoms with Crippen molar-refractivity contribution in [2.75, 3.05) is 19.7 Å². The maximum Gasteiger partial charge on any atom is 0.248 e. The largest absolute Gasteiger partial charge is 0.368 e. The second-order valence-corrected chi connectivity index (χ2v) is 7.71. The van der Waals surface area contributed by atoms with Gasteiger partial charge >= 0.3 is 0 Å². The fourth-order valence-corrected chi connectivity index (χ4v) is 3.71. The minimum Gasteiger partial charge on any atom is -0.368 e. The van der Waals surface area contributed by atoms with Crippen LogP contribution in [0, 0.1) is 5.82 Å². The fraction of sp³-hybridized carbons (Fsp3) is 0.240. The number of ether oxygens (including phenoxy) is 1. The monoisotopic (exact) mass is 433 g/mol. The molecule has 0 unspecified atom stereocenters. The number of halogens is 1. The Labute approximate surface area is 185 Å². The van der Waals surface area contributed by atoms with Gasteiger partial charge in [-0.05, 0) is 48.4 Å². The summed E-state index contributed by atoms with van der Waals surface area (Å²) in [6, 6.07) is 18.9. The normalized spacial score (nSPS) is 16.0. The molecule has 1 saturated heterocycles. The number of morpholine rings is 1. The minimum absolute atomic E-state index is 0.0424. The van der Waals surface area contributed by atoms with Crippen LogP contribution in [0.2, 0.25) is 0 Å². The molecule has 0 radical (unpaired) electrons. The highest BCUT2D eigenvalue weighted by molar-refractivity contribution is 5.93. The van der Waals surface area contributed by atoms with Crippen molar-refractivity contribution in [3.8, 4) is 11.3 Å². The van der Waals surface area contributed by atoms with Gasteiger partial charge < -0.3 is 15.4 Å². The molecule has 32 heavy (non-hydrogen) atoms. The molecular weight excluding hydrogens is 409 g/mol. The smallest absolute Gasteiger partial charge is 0.248 e. The van der Waals surface area contributed by atoms with Crippen LogP contribution in [0.1, 0.15) is 34.1 Å². The summed E-state index contributed by atoms with van der Waals surface area (Å²) < 4.78 is 19.0. The topological polar surface area (TPSA) is 85.5 Å². The van der Waals surface area contributed by atoms with E-state index in [1.807, 2.05) is 18.2 Å². The summed E-state index contributed by atoms with van der Waals surface area (Å²) in [4.78, 5) is 30.5. The van der Waals surface area contributed by atoms with Gasteiger partial charge in [0.15, 0.2) is 0 Å². The molecule has 0 spiro atoms. The Hall–Kier alpha value is -3.58. The van der Waals surface area contributed by atoms with E-state index < -0.39 is 5.91 Å². The number of nitrogens with zero attached hydrogens (tertiary/aromatic N) is 2. The lowest BCUT2D eigenvalue weighted by atomic mass is 10.1. The maximum atomic E-state index is 13.1. The molecule has 1 fully saturated rings. The van der Waals surface area contributed by atoms with Crippen LogP contribution in [0.5, 0.6) is 0 Å². The Kier molecular flexibility index (Phi) is 6.56. The van der Waals surface area contributed by atoms with Crippen LogP contribution in [0.3, 0.4) is 0 Å². The molecule has 7 heteroatoms. The van der Waals surface area contributed by atoms with Crippen molar-refractivity contribution in [2.45, 2.75) is 18.9 Å². The number of nitrogens with two attached hydrogens (primary N) is 1. The number of primary amides is 1. The summed E-state index contributed by atoms with van der Waals surface area (Å²) in [5.41, 5.74) is 9.04. The SMILES string of the molecule is NC(=O)c1ccc(-c2cccc([C@@H]3CN(C(=O)CCc4ccc(F)cc4)CCO3)n2)cc1. The molecule has 1 aliphatic heterocycles. The highest BCUT2D eigenvalue weighted by Gasteiger charge is 2.26. The third-order valence-electron chi connectivity index (χ3n) is 5.53. The number of aromatic nitrogens is 1. The van der Waals surface area contributed by atoms with Gasteiger partial charge in [-0.2, -0.15) is 0 Å². The average molecular weight is 433 g/mol. The van der Waals surface area contributed by atoms with E-state index in [9.17, 15) is 14.0 Å². The van der Waals surface area contributed by atoms with Crippen molar-refractivity contribution >= 4 is 11.8 Å². The molecule has 6 nitrogen and oxygen atoms in total. The number of carbonyl (C=O) groups excluding carboxylic acids is 2. The van der Waals surface area contributed by atoms with E-state index in [1.54, 1.807) is 41.3 Å². The molecule has 2 aromatic carbocycles. The average Bonchev–Trinajstić information content (AvgIpc) is 2.84. The molecule has 2 N–H and O–H groups in total. The molecule has 4 rings (SSSR count). The zero-order valence-corrected chi connectivity index (χ0v) is 17.5. The minimum atomic E-state index is -0.474. The Morgan fingerprint density at radius 3 is 2.53 bits per heavy atom. The lowest BCUT2D eigenvalue weighted by Gasteiger charge is -2.33. The number of amides is 2. The molecule has 2 heterocycles. The highest BCUT2D eigenvalue weighted by atomic mass is 19.1. The van der Waals surface area contributed by atoms with Crippen LogP contribution in [0.25, 0.3) is 11.3 Å². The predicted molar refractivity (Wildman–Crippen MR) is 118 cm³/mol. The van der Waals surface area contributed by atoms with E-state index in [1.165, 1.54) is 12.1 Å². The molecule has 1 atom stereocenters. The summed E-state index contributed by atoms with van der Waals surface area (Å²) in [6.07, 6.45) is 0.608. The standard InChI is InChI=1S/C25H24FN3O3/c26-20-11-4-17(5-12-20)6-13-24(30)29-14-15-32-23(16-29)22-3-1-2-21(28-22)18-7-9-19(10-8-18)25(27)31/h1-5,7-12,23H,6,13-16H2,(H2,27,31)/t23-/m0/s1. The van der Waals surface area contributed by atoms with Gasteiger partial charge in [0.05, 0.1) is 24.5 Å². The van der Waals surface area contributed by atoms with Crippen molar-refractivity contribution in [3.63, 3.8) is 0 Å². The summed E-state index contributed by atoms with van der Waals surface area (Å²) in [6.45, 7) is 1.40. The molecule has 1 aliphatic rings. The Bertz CT molecular complexity index is 1100. The van der Waals surface area contributed by atoms with E-state index in [2.05, 4.69) is 0 Å². The lowest BCUT2D eigenvalue weighted by molar-refractivity contribution is -0.139. The quantitative estimate of drug-likeness (QED) is 0.645. The Morgan fingerprint density at radius 2 is 1.81 bits per heavy atom. The van der Waals surface area contributed by atoms with Crippen molar-refractivity contribution in [1.82, 2.24) is 9.88 Å².